The molecule has 0 saturated heterocycles. The molecular weight excluding hydrogens is 81.0 g/mol. The van der Waals surface area contributed by atoms with Gasteiger partial charge in [-0.2, -0.15) is 0 Å². The number of nitrogens with zero attached hydrogens (tertiary/aromatic N) is 1. The van der Waals surface area contributed by atoms with Crippen molar-refractivity contribution in [3.8, 4) is 0 Å². The Kier molecular flexibility index (Phi) is 92.0. The van der Waals surface area contributed by atoms with E-state index >= 15 is 0 Å². The van der Waals surface area contributed by atoms with Crippen LogP contribution >= 0.6 is 0 Å². The molecule has 5 heavy (non-hydrogen) atoms. The van der Waals surface area contributed by atoms with Crippen molar-refractivity contribution in [3.05, 3.63) is 0 Å². The Morgan fingerprint density at radius 1 is 1.60 bits per heavy atom. The van der Waals surface area contributed by atoms with Gasteiger partial charge in [0.05, 0.1) is 0 Å². The standard InChI is InChI=1S/CH3NO.Na.H2O.H/c1-2-3;;;/h3H,1H2;;1H2;. The van der Waals surface area contributed by atoms with E-state index in [2.05, 4.69) is 11.9 Å². The van der Waals surface area contributed by atoms with Crippen LogP contribution in [0.15, 0.2) is 5.16 Å². The Labute approximate surface area is 52.3 Å². The van der Waals surface area contributed by atoms with E-state index in [4.69, 9.17) is 5.21 Å². The van der Waals surface area contributed by atoms with Gasteiger partial charge in [0.1, 0.15) is 0 Å². The van der Waals surface area contributed by atoms with E-state index in [0.717, 1.165) is 0 Å². The van der Waals surface area contributed by atoms with Gasteiger partial charge in [-0.1, -0.05) is 0 Å². The molecule has 0 aromatic rings. The first-order valence-corrected chi connectivity index (χ1v) is 0.516. The number of rotatable bonds is 0. The maximum atomic E-state index is 7.08. The minimum absolute atomic E-state index is 0. The summed E-state index contributed by atoms with van der Waals surface area (Å²) in [6.45, 7) is 2.67. The van der Waals surface area contributed by atoms with Gasteiger partial charge in [0, 0.05) is 6.72 Å². The molecule has 0 aromatic heterocycles. The van der Waals surface area contributed by atoms with Crippen LogP contribution in [0.1, 0.15) is 0 Å². The molecule has 0 saturated carbocycles. The van der Waals surface area contributed by atoms with Crippen molar-refractivity contribution >= 4 is 36.3 Å². The molecule has 0 fully saturated rings. The van der Waals surface area contributed by atoms with Crippen molar-refractivity contribution in [2.45, 2.75) is 0 Å². The zero-order valence-electron chi connectivity index (χ0n) is 2.10. The molecule has 3 N–H and O–H groups in total. The fraction of sp³-hybridized carbons (Fsp3) is 0. The number of oxime groups is 1. The predicted octanol–water partition coefficient (Wildman–Crippen LogP) is -1.40. The van der Waals surface area contributed by atoms with Crippen LogP contribution < -0.4 is 0 Å². The average Bonchev–Trinajstić information content (AvgIpc) is 0.918. The zero-order chi connectivity index (χ0) is 2.71. The summed E-state index contributed by atoms with van der Waals surface area (Å²) in [4.78, 5) is 0. The van der Waals surface area contributed by atoms with E-state index < -0.39 is 0 Å². The van der Waals surface area contributed by atoms with Gasteiger partial charge < -0.3 is 10.7 Å². The van der Waals surface area contributed by atoms with E-state index in [1.54, 1.807) is 0 Å². The Morgan fingerprint density at radius 2 is 1.60 bits per heavy atom. The van der Waals surface area contributed by atoms with Crippen molar-refractivity contribution in [1.29, 1.82) is 0 Å². The van der Waals surface area contributed by atoms with Gasteiger partial charge in [-0.3, -0.25) is 0 Å². The van der Waals surface area contributed by atoms with Crippen LogP contribution in [-0.2, 0) is 0 Å². The molecule has 0 atom stereocenters. The molecule has 3 nitrogen and oxygen atoms in total. The van der Waals surface area contributed by atoms with Gasteiger partial charge in [0.2, 0.25) is 0 Å². The molecule has 0 aliphatic carbocycles. The van der Waals surface area contributed by atoms with Crippen LogP contribution in [0.4, 0.5) is 0 Å². The third-order valence-corrected chi connectivity index (χ3v) is 0. The van der Waals surface area contributed by atoms with E-state index in [9.17, 15) is 0 Å². The monoisotopic (exact) mass is 87.0 g/mol. The van der Waals surface area contributed by atoms with Crippen LogP contribution in [0.25, 0.3) is 0 Å². The summed E-state index contributed by atoms with van der Waals surface area (Å²) >= 11 is 0. The fourth-order valence-corrected chi connectivity index (χ4v) is 0. The van der Waals surface area contributed by atoms with Crippen LogP contribution in [0, 0.1) is 0 Å². The van der Waals surface area contributed by atoms with Crippen molar-refractivity contribution in [2.75, 3.05) is 0 Å². The second-order valence-electron chi connectivity index (χ2n) is 0.141. The Hall–Kier alpha value is 0.430. The third-order valence-electron chi connectivity index (χ3n) is 0. The van der Waals surface area contributed by atoms with Gasteiger partial charge in [-0.15, -0.1) is 5.16 Å². The van der Waals surface area contributed by atoms with Crippen molar-refractivity contribution in [1.82, 2.24) is 0 Å². The maximum absolute atomic E-state index is 7.08. The first-order chi connectivity index (χ1) is 1.41. The van der Waals surface area contributed by atoms with Gasteiger partial charge in [0.25, 0.3) is 0 Å². The van der Waals surface area contributed by atoms with Crippen molar-refractivity contribution < 1.29 is 10.7 Å². The Morgan fingerprint density at radius 3 is 1.60 bits per heavy atom. The second kappa shape index (κ2) is 25.5. The Balaban J connectivity index is -0.0000000200. The molecule has 0 amide bonds. The van der Waals surface area contributed by atoms with Crippen LogP contribution in [-0.4, -0.2) is 47.0 Å². The fourth-order valence-electron chi connectivity index (χ4n) is 0. The summed E-state index contributed by atoms with van der Waals surface area (Å²) < 4.78 is 0. The molecular formula is CH6NNaO2. The van der Waals surface area contributed by atoms with Crippen molar-refractivity contribution in [2.24, 2.45) is 5.16 Å². The van der Waals surface area contributed by atoms with Gasteiger partial charge >= 0.3 is 29.6 Å². The van der Waals surface area contributed by atoms with Gasteiger partial charge in [-0.25, -0.2) is 0 Å². The molecule has 4 heteroatoms. The van der Waals surface area contributed by atoms with Gasteiger partial charge in [-0.05, 0) is 0 Å². The van der Waals surface area contributed by atoms with E-state index in [-0.39, 0.29) is 35.0 Å². The molecule has 0 aliphatic rings. The molecule has 0 heterocycles. The summed E-state index contributed by atoms with van der Waals surface area (Å²) in [6.07, 6.45) is 0. The quantitative estimate of drug-likeness (QED) is 0.168. The van der Waals surface area contributed by atoms with Crippen LogP contribution in [0.5, 0.6) is 0 Å². The SMILES string of the molecule is C=NO.O.[NaH]. The molecule has 0 radical (unpaired) electrons. The third kappa shape index (κ3) is 141. The van der Waals surface area contributed by atoms with Crippen molar-refractivity contribution in [3.63, 3.8) is 0 Å². The summed E-state index contributed by atoms with van der Waals surface area (Å²) in [7, 11) is 0. The first-order valence-electron chi connectivity index (χ1n) is 0.516. The Bertz CT molecular complexity index is 17.1. The van der Waals surface area contributed by atoms with Crippen LogP contribution in [0.2, 0.25) is 0 Å². The first kappa shape index (κ1) is 18.0. The average molecular weight is 87.1 g/mol. The minimum atomic E-state index is 0. The summed E-state index contributed by atoms with van der Waals surface area (Å²) in [5.74, 6) is 0. The molecule has 0 aliphatic heterocycles. The number of hydrogen-bond donors (Lipinski definition) is 1. The predicted molar refractivity (Wildman–Crippen MR) is 22.1 cm³/mol. The summed E-state index contributed by atoms with van der Waals surface area (Å²) in [6, 6.07) is 0. The topological polar surface area (TPSA) is 64.1 Å². The molecule has 0 spiro atoms. The second-order valence-corrected chi connectivity index (χ2v) is 0.141. The molecule has 0 bridgehead atoms. The molecule has 0 aromatic carbocycles. The number of hydrogen-bond acceptors (Lipinski definition) is 2. The normalized spacial score (nSPS) is 2.40. The zero-order valence-corrected chi connectivity index (χ0v) is 2.10. The van der Waals surface area contributed by atoms with E-state index in [1.807, 2.05) is 0 Å². The van der Waals surface area contributed by atoms with Gasteiger partial charge in [0.15, 0.2) is 0 Å². The summed E-state index contributed by atoms with van der Waals surface area (Å²) in [5.41, 5.74) is 0. The van der Waals surface area contributed by atoms with E-state index in [0.29, 0.717) is 0 Å². The molecule has 0 unspecified atom stereocenters. The molecule has 0 rings (SSSR count). The van der Waals surface area contributed by atoms with Crippen LogP contribution in [0.3, 0.4) is 0 Å². The van der Waals surface area contributed by atoms with E-state index in [1.165, 1.54) is 0 Å². The molecule has 28 valence electrons. The summed E-state index contributed by atoms with van der Waals surface area (Å²) in [5, 5.41) is 9.33.